The van der Waals surface area contributed by atoms with Gasteiger partial charge in [0.15, 0.2) is 0 Å². The molecule has 0 atom stereocenters. The van der Waals surface area contributed by atoms with Crippen molar-refractivity contribution < 1.29 is 9.53 Å². The number of benzene rings is 2. The van der Waals surface area contributed by atoms with Crippen molar-refractivity contribution in [3.05, 3.63) is 83.6 Å². The number of carbonyl (C=O) groups is 1. The number of nitrogens with one attached hydrogen (secondary N) is 1. The highest BCUT2D eigenvalue weighted by Crippen LogP contribution is 2.28. The van der Waals surface area contributed by atoms with Gasteiger partial charge in [-0.3, -0.25) is 4.79 Å². The Morgan fingerprint density at radius 3 is 2.79 bits per heavy atom. The highest BCUT2D eigenvalue weighted by molar-refractivity contribution is 6.07. The fraction of sp³-hybridized carbons (Fsp3) is 0.250. The summed E-state index contributed by atoms with van der Waals surface area (Å²) >= 11 is 0. The van der Waals surface area contributed by atoms with Gasteiger partial charge in [-0.2, -0.15) is 0 Å². The number of fused-ring (bicyclic) bond motifs is 1. The molecule has 4 rings (SSSR count). The van der Waals surface area contributed by atoms with E-state index in [1.807, 2.05) is 41.3 Å². The number of aryl methyl sites for hydroxylation is 1. The van der Waals surface area contributed by atoms with Crippen molar-refractivity contribution in [1.29, 1.82) is 0 Å². The molecular weight excluding hydrogens is 362 g/mol. The fourth-order valence-electron chi connectivity index (χ4n) is 3.69. The number of amides is 1. The number of para-hydroxylation sites is 1. The van der Waals surface area contributed by atoms with Crippen LogP contribution in [0.1, 0.15) is 27.9 Å². The van der Waals surface area contributed by atoms with Gasteiger partial charge in [-0.05, 0) is 60.7 Å². The summed E-state index contributed by atoms with van der Waals surface area (Å²) in [4.78, 5) is 19.4. The molecule has 148 valence electrons. The molecule has 5 nitrogen and oxygen atoms in total. The molecule has 1 aliphatic heterocycles. The van der Waals surface area contributed by atoms with Crippen molar-refractivity contribution in [2.75, 3.05) is 30.4 Å². The molecule has 0 fully saturated rings. The lowest BCUT2D eigenvalue weighted by molar-refractivity contribution is 0.0985. The summed E-state index contributed by atoms with van der Waals surface area (Å²) in [6.07, 6.45) is 4.57. The lowest BCUT2D eigenvalue weighted by Crippen LogP contribution is -2.35. The van der Waals surface area contributed by atoms with Crippen molar-refractivity contribution in [2.24, 2.45) is 0 Å². The van der Waals surface area contributed by atoms with Crippen LogP contribution >= 0.6 is 0 Å². The van der Waals surface area contributed by atoms with E-state index >= 15 is 0 Å². The summed E-state index contributed by atoms with van der Waals surface area (Å²) in [5, 5.41) is 3.33. The van der Waals surface area contributed by atoms with E-state index in [0.29, 0.717) is 5.56 Å². The Bertz CT molecular complexity index is 985. The standard InChI is InChI=1S/C24H25N3O2/c1-29-21-10-8-18(9-11-21)12-14-25-23-17-20(13-15-26-23)24(28)27-16-4-6-19-5-2-3-7-22(19)27/h2-3,5,7-11,13,15,17H,4,6,12,14,16H2,1H3,(H,25,26). The van der Waals surface area contributed by atoms with E-state index < -0.39 is 0 Å². The van der Waals surface area contributed by atoms with Gasteiger partial charge in [0, 0.05) is 30.5 Å². The average Bonchev–Trinajstić information content (AvgIpc) is 2.79. The van der Waals surface area contributed by atoms with Gasteiger partial charge in [0.05, 0.1) is 7.11 Å². The van der Waals surface area contributed by atoms with Crippen LogP contribution in [0.15, 0.2) is 66.9 Å². The minimum absolute atomic E-state index is 0.0257. The Balaban J connectivity index is 1.41. The first-order valence-corrected chi connectivity index (χ1v) is 9.97. The number of hydrogen-bond acceptors (Lipinski definition) is 4. The van der Waals surface area contributed by atoms with Gasteiger partial charge in [0.1, 0.15) is 11.6 Å². The molecule has 1 amide bonds. The second kappa shape index (κ2) is 8.78. The normalized spacial score (nSPS) is 12.9. The molecule has 0 unspecified atom stereocenters. The number of anilines is 2. The van der Waals surface area contributed by atoms with Crippen molar-refractivity contribution in [2.45, 2.75) is 19.3 Å². The quantitative estimate of drug-likeness (QED) is 0.684. The summed E-state index contributed by atoms with van der Waals surface area (Å²) in [6.45, 7) is 1.49. The van der Waals surface area contributed by atoms with Crippen LogP contribution in [0.2, 0.25) is 0 Å². The maximum absolute atomic E-state index is 13.1. The second-order valence-corrected chi connectivity index (χ2v) is 7.14. The van der Waals surface area contributed by atoms with Crippen molar-refractivity contribution in [3.8, 4) is 5.75 Å². The molecule has 3 aromatic rings. The number of nitrogens with zero attached hydrogens (tertiary/aromatic N) is 2. The van der Waals surface area contributed by atoms with Gasteiger partial charge in [0.25, 0.3) is 5.91 Å². The minimum atomic E-state index is 0.0257. The summed E-state index contributed by atoms with van der Waals surface area (Å²) in [5.74, 6) is 1.60. The Hall–Kier alpha value is -3.34. The zero-order chi connectivity index (χ0) is 20.1. The maximum atomic E-state index is 13.1. The highest BCUT2D eigenvalue weighted by Gasteiger charge is 2.23. The molecular formula is C24H25N3O2. The van der Waals surface area contributed by atoms with Crippen LogP contribution in [0, 0.1) is 0 Å². The largest absolute Gasteiger partial charge is 0.497 e. The molecule has 0 radical (unpaired) electrons. The Labute approximate surface area is 171 Å². The van der Waals surface area contributed by atoms with Gasteiger partial charge in [-0.15, -0.1) is 0 Å². The smallest absolute Gasteiger partial charge is 0.258 e. The van der Waals surface area contributed by atoms with Crippen LogP contribution in [-0.4, -0.2) is 31.1 Å². The number of hydrogen-bond donors (Lipinski definition) is 1. The number of ether oxygens (including phenoxy) is 1. The van der Waals surface area contributed by atoms with Crippen LogP contribution < -0.4 is 15.0 Å². The van der Waals surface area contributed by atoms with Crippen molar-refractivity contribution in [3.63, 3.8) is 0 Å². The maximum Gasteiger partial charge on any atom is 0.258 e. The van der Waals surface area contributed by atoms with Crippen LogP contribution in [0.4, 0.5) is 11.5 Å². The number of pyridine rings is 1. The summed E-state index contributed by atoms with van der Waals surface area (Å²) < 4.78 is 5.19. The predicted octanol–water partition coefficient (Wildman–Crippen LogP) is 4.34. The zero-order valence-electron chi connectivity index (χ0n) is 16.6. The molecule has 1 aliphatic rings. The molecule has 0 saturated carbocycles. The number of carbonyl (C=O) groups excluding carboxylic acids is 1. The molecule has 1 N–H and O–H groups in total. The van der Waals surface area contributed by atoms with Crippen molar-refractivity contribution >= 4 is 17.4 Å². The zero-order valence-corrected chi connectivity index (χ0v) is 16.6. The summed E-state index contributed by atoms with van der Waals surface area (Å²) in [5.41, 5.74) is 4.13. The fourth-order valence-corrected chi connectivity index (χ4v) is 3.69. The number of methoxy groups -OCH3 is 1. The van der Waals surface area contributed by atoms with Crippen LogP contribution in [0.5, 0.6) is 5.75 Å². The van der Waals surface area contributed by atoms with Gasteiger partial charge < -0.3 is 15.0 Å². The van der Waals surface area contributed by atoms with Crippen LogP contribution in [0.3, 0.4) is 0 Å². The van der Waals surface area contributed by atoms with E-state index in [-0.39, 0.29) is 5.91 Å². The SMILES string of the molecule is COc1ccc(CCNc2cc(C(=O)N3CCCc4ccccc43)ccn2)cc1. The number of rotatable bonds is 6. The van der Waals surface area contributed by atoms with E-state index in [1.54, 1.807) is 19.4 Å². The van der Waals surface area contributed by atoms with Gasteiger partial charge in [0.2, 0.25) is 0 Å². The molecule has 0 spiro atoms. The number of aromatic nitrogens is 1. The molecule has 5 heteroatoms. The lowest BCUT2D eigenvalue weighted by Gasteiger charge is -2.29. The molecule has 29 heavy (non-hydrogen) atoms. The van der Waals surface area contributed by atoms with Gasteiger partial charge >= 0.3 is 0 Å². The molecule has 0 aliphatic carbocycles. The van der Waals surface area contributed by atoms with Gasteiger partial charge in [-0.1, -0.05) is 30.3 Å². The van der Waals surface area contributed by atoms with E-state index in [0.717, 1.165) is 49.6 Å². The Morgan fingerprint density at radius 1 is 1.14 bits per heavy atom. The molecule has 2 heterocycles. The first-order chi connectivity index (χ1) is 14.2. The van der Waals surface area contributed by atoms with E-state index in [1.165, 1.54) is 11.1 Å². The molecule has 1 aromatic heterocycles. The minimum Gasteiger partial charge on any atom is -0.497 e. The molecule has 2 aromatic carbocycles. The average molecular weight is 387 g/mol. The van der Waals surface area contributed by atoms with Gasteiger partial charge in [-0.25, -0.2) is 4.98 Å². The van der Waals surface area contributed by atoms with E-state index in [4.69, 9.17) is 4.74 Å². The monoisotopic (exact) mass is 387 g/mol. The molecule has 0 bridgehead atoms. The van der Waals surface area contributed by atoms with Crippen LogP contribution in [0.25, 0.3) is 0 Å². The first-order valence-electron chi connectivity index (χ1n) is 9.97. The Morgan fingerprint density at radius 2 is 1.97 bits per heavy atom. The molecule has 0 saturated heterocycles. The topological polar surface area (TPSA) is 54.5 Å². The third kappa shape index (κ3) is 4.40. The third-order valence-electron chi connectivity index (χ3n) is 5.24. The summed E-state index contributed by atoms with van der Waals surface area (Å²) in [7, 11) is 1.67. The first kappa shape index (κ1) is 19.0. The predicted molar refractivity (Wildman–Crippen MR) is 116 cm³/mol. The lowest BCUT2D eigenvalue weighted by atomic mass is 10.0. The van der Waals surface area contributed by atoms with E-state index in [2.05, 4.69) is 28.5 Å². The van der Waals surface area contributed by atoms with Crippen molar-refractivity contribution in [1.82, 2.24) is 4.98 Å². The third-order valence-corrected chi connectivity index (χ3v) is 5.24. The highest BCUT2D eigenvalue weighted by atomic mass is 16.5. The van der Waals surface area contributed by atoms with E-state index in [9.17, 15) is 4.79 Å². The van der Waals surface area contributed by atoms with Crippen LogP contribution in [-0.2, 0) is 12.8 Å². The second-order valence-electron chi connectivity index (χ2n) is 7.14. The Kier molecular flexibility index (Phi) is 5.75. The summed E-state index contributed by atoms with van der Waals surface area (Å²) in [6, 6.07) is 19.8.